The van der Waals surface area contributed by atoms with Crippen LogP contribution in [0.3, 0.4) is 0 Å². The Kier molecular flexibility index (Phi) is 4.32. The summed E-state index contributed by atoms with van der Waals surface area (Å²) in [6.07, 6.45) is 1.79. The summed E-state index contributed by atoms with van der Waals surface area (Å²) in [5, 5.41) is 4.19. The van der Waals surface area contributed by atoms with Gasteiger partial charge in [-0.15, -0.1) is 6.58 Å². The van der Waals surface area contributed by atoms with Crippen LogP contribution in [0.15, 0.2) is 46.4 Å². The zero-order chi connectivity index (χ0) is 16.6. The molecule has 0 aliphatic rings. The van der Waals surface area contributed by atoms with Gasteiger partial charge >= 0.3 is 0 Å². The van der Waals surface area contributed by atoms with Gasteiger partial charge in [0.05, 0.1) is 10.2 Å². The molecule has 7 heteroatoms. The lowest BCUT2D eigenvalue weighted by Gasteiger charge is -2.00. The Morgan fingerprint density at radius 2 is 2.26 bits per heavy atom. The fraction of sp³-hybridized carbons (Fsp3) is 0.188. The summed E-state index contributed by atoms with van der Waals surface area (Å²) in [4.78, 5) is 17.3. The fourth-order valence-corrected chi connectivity index (χ4v) is 3.84. The minimum atomic E-state index is -0.336. The van der Waals surface area contributed by atoms with Crippen molar-refractivity contribution < 1.29 is 4.79 Å². The summed E-state index contributed by atoms with van der Waals surface area (Å²) in [6.45, 7) is 6.28. The Bertz CT molecular complexity index is 960. The second-order valence-corrected chi connectivity index (χ2v) is 7.03. The van der Waals surface area contributed by atoms with Crippen molar-refractivity contribution in [2.24, 2.45) is 12.0 Å². The Labute approximate surface area is 145 Å². The Morgan fingerprint density at radius 3 is 2.91 bits per heavy atom. The van der Waals surface area contributed by atoms with E-state index in [1.165, 1.54) is 11.3 Å². The van der Waals surface area contributed by atoms with Crippen molar-refractivity contribution in [1.29, 1.82) is 0 Å². The molecule has 3 aromatic rings. The third kappa shape index (κ3) is 3.07. The molecule has 0 bridgehead atoms. The van der Waals surface area contributed by atoms with E-state index in [4.69, 9.17) is 0 Å². The van der Waals surface area contributed by atoms with E-state index in [1.807, 2.05) is 29.7 Å². The topological polar surface area (TPSA) is 52.2 Å². The maximum absolute atomic E-state index is 12.4. The predicted octanol–water partition coefficient (Wildman–Crippen LogP) is 3.43. The molecule has 2 aromatic heterocycles. The summed E-state index contributed by atoms with van der Waals surface area (Å²) in [6, 6.07) is 7.75. The molecule has 0 N–H and O–H groups in total. The third-order valence-electron chi connectivity index (χ3n) is 3.49. The normalized spacial score (nSPS) is 12.0. The first-order chi connectivity index (χ1) is 11.0. The number of benzene rings is 1. The van der Waals surface area contributed by atoms with Gasteiger partial charge in [0.2, 0.25) is 0 Å². The third-order valence-corrected chi connectivity index (χ3v) is 5.02. The summed E-state index contributed by atoms with van der Waals surface area (Å²) < 4.78 is 5.70. The van der Waals surface area contributed by atoms with E-state index in [9.17, 15) is 4.79 Å². The first-order valence-electron chi connectivity index (χ1n) is 6.99. The lowest BCUT2D eigenvalue weighted by molar-refractivity contribution is 0.0992. The number of hydrogen-bond donors (Lipinski definition) is 0. The zero-order valence-corrected chi connectivity index (χ0v) is 15.2. The molecular formula is C16H15BrN4OS. The van der Waals surface area contributed by atoms with Gasteiger partial charge in [0.25, 0.3) is 5.91 Å². The first-order valence-corrected chi connectivity index (χ1v) is 8.60. The Balaban J connectivity index is 2.15. The molecule has 2 heterocycles. The molecule has 23 heavy (non-hydrogen) atoms. The number of carbonyl (C=O) groups is 1. The maximum atomic E-state index is 12.4. The first kappa shape index (κ1) is 15.9. The van der Waals surface area contributed by atoms with E-state index in [2.05, 4.69) is 32.6 Å². The fourth-order valence-electron chi connectivity index (χ4n) is 2.25. The molecule has 1 aromatic carbocycles. The number of fused-ring (bicyclic) bond motifs is 1. The zero-order valence-electron chi connectivity index (χ0n) is 12.8. The number of nitrogens with zero attached hydrogens (tertiary/aromatic N) is 4. The number of aryl methyl sites for hydroxylation is 2. The smallest absolute Gasteiger partial charge is 0.300 e. The second-order valence-electron chi connectivity index (χ2n) is 5.11. The highest BCUT2D eigenvalue weighted by atomic mass is 79.9. The molecule has 0 fully saturated rings. The van der Waals surface area contributed by atoms with Crippen molar-refractivity contribution in [3.8, 4) is 0 Å². The van der Waals surface area contributed by atoms with Gasteiger partial charge in [-0.25, -0.2) is 0 Å². The molecular weight excluding hydrogens is 376 g/mol. The lowest BCUT2D eigenvalue weighted by Crippen LogP contribution is -2.16. The SMILES string of the molecule is C=CCn1c(=NC(=O)c2cc(C)n(C)n2)sc2cc(Br)ccc21. The molecule has 0 unspecified atom stereocenters. The maximum Gasteiger partial charge on any atom is 0.300 e. The number of carbonyl (C=O) groups excluding carboxylic acids is 1. The number of rotatable bonds is 3. The van der Waals surface area contributed by atoms with Gasteiger partial charge in [0, 0.05) is 23.8 Å². The van der Waals surface area contributed by atoms with Crippen molar-refractivity contribution in [3.05, 3.63) is 57.6 Å². The molecule has 0 atom stereocenters. The van der Waals surface area contributed by atoms with Crippen LogP contribution in [0.1, 0.15) is 16.2 Å². The minimum Gasteiger partial charge on any atom is -0.312 e. The highest BCUT2D eigenvalue weighted by Gasteiger charge is 2.12. The number of hydrogen-bond acceptors (Lipinski definition) is 3. The number of amides is 1. The minimum absolute atomic E-state index is 0.336. The molecule has 5 nitrogen and oxygen atoms in total. The summed E-state index contributed by atoms with van der Waals surface area (Å²) in [5.74, 6) is -0.336. The van der Waals surface area contributed by atoms with Crippen molar-refractivity contribution in [2.75, 3.05) is 0 Å². The van der Waals surface area contributed by atoms with Gasteiger partial charge in [0.15, 0.2) is 10.5 Å². The van der Waals surface area contributed by atoms with Crippen LogP contribution in [0.4, 0.5) is 0 Å². The number of allylic oxidation sites excluding steroid dienone is 1. The van der Waals surface area contributed by atoms with Crippen LogP contribution in [0, 0.1) is 6.92 Å². The molecule has 0 radical (unpaired) electrons. The van der Waals surface area contributed by atoms with Gasteiger partial charge < -0.3 is 4.57 Å². The van der Waals surface area contributed by atoms with Crippen LogP contribution in [0.5, 0.6) is 0 Å². The summed E-state index contributed by atoms with van der Waals surface area (Å²) in [7, 11) is 1.81. The molecule has 118 valence electrons. The van der Waals surface area contributed by atoms with Crippen LogP contribution >= 0.6 is 27.3 Å². The Morgan fingerprint density at radius 1 is 1.48 bits per heavy atom. The average Bonchev–Trinajstić information content (AvgIpc) is 3.00. The van der Waals surface area contributed by atoms with Gasteiger partial charge in [-0.1, -0.05) is 33.3 Å². The molecule has 3 rings (SSSR count). The van der Waals surface area contributed by atoms with Gasteiger partial charge in [0.1, 0.15) is 0 Å². The van der Waals surface area contributed by atoms with Gasteiger partial charge in [-0.2, -0.15) is 10.1 Å². The van der Waals surface area contributed by atoms with Crippen LogP contribution in [0.2, 0.25) is 0 Å². The molecule has 0 saturated heterocycles. The second kappa shape index (κ2) is 6.25. The van der Waals surface area contributed by atoms with E-state index >= 15 is 0 Å². The molecule has 0 saturated carbocycles. The van der Waals surface area contributed by atoms with Crippen molar-refractivity contribution >= 4 is 43.4 Å². The quantitative estimate of drug-likeness (QED) is 0.643. The van der Waals surface area contributed by atoms with E-state index in [0.717, 1.165) is 20.4 Å². The van der Waals surface area contributed by atoms with E-state index < -0.39 is 0 Å². The molecule has 0 spiro atoms. The summed E-state index contributed by atoms with van der Waals surface area (Å²) in [5.41, 5.74) is 2.30. The van der Waals surface area contributed by atoms with Crippen LogP contribution in [-0.4, -0.2) is 20.3 Å². The number of halogens is 1. The highest BCUT2D eigenvalue weighted by Crippen LogP contribution is 2.22. The molecule has 1 amide bonds. The van der Waals surface area contributed by atoms with Crippen LogP contribution < -0.4 is 4.80 Å². The number of aromatic nitrogens is 3. The van der Waals surface area contributed by atoms with Gasteiger partial charge in [-0.3, -0.25) is 9.48 Å². The van der Waals surface area contributed by atoms with Gasteiger partial charge in [-0.05, 0) is 31.2 Å². The van der Waals surface area contributed by atoms with Crippen LogP contribution in [-0.2, 0) is 13.6 Å². The van der Waals surface area contributed by atoms with Crippen molar-refractivity contribution in [2.45, 2.75) is 13.5 Å². The largest absolute Gasteiger partial charge is 0.312 e. The van der Waals surface area contributed by atoms with E-state index in [0.29, 0.717) is 17.0 Å². The average molecular weight is 391 g/mol. The predicted molar refractivity (Wildman–Crippen MR) is 95.6 cm³/mol. The van der Waals surface area contributed by atoms with Crippen molar-refractivity contribution in [1.82, 2.24) is 14.3 Å². The lowest BCUT2D eigenvalue weighted by atomic mass is 10.3. The summed E-state index contributed by atoms with van der Waals surface area (Å²) >= 11 is 4.95. The van der Waals surface area contributed by atoms with E-state index in [1.54, 1.807) is 23.9 Å². The van der Waals surface area contributed by atoms with Crippen molar-refractivity contribution in [3.63, 3.8) is 0 Å². The molecule has 0 aliphatic carbocycles. The highest BCUT2D eigenvalue weighted by molar-refractivity contribution is 9.10. The number of thiazole rings is 1. The standard InChI is InChI=1S/C16H15BrN4OS/c1-4-7-21-13-6-5-11(17)9-14(13)23-16(21)18-15(22)12-8-10(2)20(3)19-12/h4-6,8-9H,1,7H2,2-3H3. The Hall–Kier alpha value is -1.99. The monoisotopic (exact) mass is 390 g/mol. The van der Waals surface area contributed by atoms with Crippen LogP contribution in [0.25, 0.3) is 10.2 Å². The molecule has 0 aliphatic heterocycles. The van der Waals surface area contributed by atoms with E-state index in [-0.39, 0.29) is 5.91 Å².